The predicted molar refractivity (Wildman–Crippen MR) is 97.1 cm³/mol. The first-order valence-corrected chi connectivity index (χ1v) is 8.00. The zero-order valence-corrected chi connectivity index (χ0v) is 14.4. The second-order valence-electron chi connectivity index (χ2n) is 5.40. The van der Waals surface area contributed by atoms with E-state index < -0.39 is 23.8 Å². The molecule has 4 amide bonds. The maximum atomic E-state index is 12.7. The van der Waals surface area contributed by atoms with Crippen LogP contribution in [0.4, 0.5) is 16.2 Å². The number of hydrogen-bond donors (Lipinski definition) is 1. The molecule has 0 unspecified atom stereocenters. The highest BCUT2D eigenvalue weighted by molar-refractivity contribution is 6.32. The number of nitrogens with zero attached hydrogens (tertiary/aromatic N) is 2. The number of rotatable bonds is 4. The van der Waals surface area contributed by atoms with Crippen molar-refractivity contribution in [2.75, 3.05) is 12.0 Å². The standard InChI is InChI=1S/C18H14ClN3O4/c1-26-14-8-6-13(7-9-14)22-17(24)15(16(23)21-18(22)25)10-20-12-4-2-11(19)3-5-12/h2-10,15H,1H3,(H,21,23,25)/t15-/m0/s1. The summed E-state index contributed by atoms with van der Waals surface area (Å²) in [6.07, 6.45) is 1.21. The van der Waals surface area contributed by atoms with E-state index in [2.05, 4.69) is 10.3 Å². The van der Waals surface area contributed by atoms with Crippen LogP contribution in [0.5, 0.6) is 5.75 Å². The number of halogens is 1. The lowest BCUT2D eigenvalue weighted by atomic mass is 10.1. The third-order valence-electron chi connectivity index (χ3n) is 3.73. The molecule has 26 heavy (non-hydrogen) atoms. The Bertz CT molecular complexity index is 878. The van der Waals surface area contributed by atoms with Gasteiger partial charge in [-0.3, -0.25) is 19.9 Å². The number of hydrogen-bond acceptors (Lipinski definition) is 5. The average Bonchev–Trinajstić information content (AvgIpc) is 2.63. The second kappa shape index (κ2) is 7.37. The molecule has 1 aliphatic heterocycles. The molecular weight excluding hydrogens is 358 g/mol. The van der Waals surface area contributed by atoms with Gasteiger partial charge in [0, 0.05) is 11.2 Å². The molecule has 0 spiro atoms. The molecule has 0 bridgehead atoms. The van der Waals surface area contributed by atoms with Crippen LogP contribution in [0.25, 0.3) is 0 Å². The van der Waals surface area contributed by atoms with Gasteiger partial charge in [-0.15, -0.1) is 0 Å². The molecule has 2 aromatic rings. The highest BCUT2D eigenvalue weighted by Crippen LogP contribution is 2.23. The van der Waals surface area contributed by atoms with Crippen LogP contribution in [-0.4, -0.2) is 31.2 Å². The lowest BCUT2D eigenvalue weighted by Gasteiger charge is -2.28. The highest BCUT2D eigenvalue weighted by Gasteiger charge is 2.40. The lowest BCUT2D eigenvalue weighted by molar-refractivity contribution is -0.131. The summed E-state index contributed by atoms with van der Waals surface area (Å²) in [4.78, 5) is 41.9. The molecule has 1 N–H and O–H groups in total. The Balaban J connectivity index is 1.86. The summed E-state index contributed by atoms with van der Waals surface area (Å²) in [5.74, 6) is -2.04. The summed E-state index contributed by atoms with van der Waals surface area (Å²) >= 11 is 5.81. The first-order valence-electron chi connectivity index (χ1n) is 7.62. The van der Waals surface area contributed by atoms with Gasteiger partial charge in [-0.1, -0.05) is 11.6 Å². The fourth-order valence-electron chi connectivity index (χ4n) is 2.39. The summed E-state index contributed by atoms with van der Waals surface area (Å²) in [6, 6.07) is 12.1. The molecule has 0 saturated carbocycles. The van der Waals surface area contributed by atoms with Crippen molar-refractivity contribution in [2.24, 2.45) is 10.9 Å². The van der Waals surface area contributed by atoms with Crippen molar-refractivity contribution in [1.82, 2.24) is 5.32 Å². The molecular formula is C18H14ClN3O4. The SMILES string of the molecule is COc1ccc(N2C(=O)NC(=O)[C@H](C=Nc3ccc(Cl)cc3)C2=O)cc1. The monoisotopic (exact) mass is 371 g/mol. The normalized spacial score (nSPS) is 17.5. The van der Waals surface area contributed by atoms with Gasteiger partial charge in [-0.2, -0.15) is 0 Å². The molecule has 7 nitrogen and oxygen atoms in total. The number of aliphatic imine (C=N–C) groups is 1. The minimum Gasteiger partial charge on any atom is -0.497 e. The van der Waals surface area contributed by atoms with Gasteiger partial charge in [0.2, 0.25) is 5.91 Å². The van der Waals surface area contributed by atoms with Crippen molar-refractivity contribution in [2.45, 2.75) is 0 Å². The summed E-state index contributed by atoms with van der Waals surface area (Å²) in [5, 5.41) is 2.71. The van der Waals surface area contributed by atoms with Crippen LogP contribution >= 0.6 is 11.6 Å². The Hall–Kier alpha value is -3.19. The predicted octanol–water partition coefficient (Wildman–Crippen LogP) is 2.95. The largest absolute Gasteiger partial charge is 0.497 e. The minimum atomic E-state index is -1.22. The Labute approximate surface area is 154 Å². The molecule has 1 aliphatic rings. The molecule has 1 saturated heterocycles. The number of barbiturate groups is 1. The van der Waals surface area contributed by atoms with Crippen LogP contribution in [0.15, 0.2) is 53.5 Å². The van der Waals surface area contributed by atoms with Gasteiger partial charge in [0.1, 0.15) is 5.75 Å². The Kier molecular flexibility index (Phi) is 4.99. The number of urea groups is 1. The first-order chi connectivity index (χ1) is 12.5. The molecule has 0 radical (unpaired) electrons. The van der Waals surface area contributed by atoms with Gasteiger partial charge in [0.25, 0.3) is 5.91 Å². The van der Waals surface area contributed by atoms with Crippen molar-refractivity contribution in [1.29, 1.82) is 0 Å². The van der Waals surface area contributed by atoms with Gasteiger partial charge in [0.05, 0.1) is 18.5 Å². The summed E-state index contributed by atoms with van der Waals surface area (Å²) in [5.41, 5.74) is 0.855. The molecule has 132 valence electrons. The van der Waals surface area contributed by atoms with Crippen molar-refractivity contribution in [3.8, 4) is 5.75 Å². The second-order valence-corrected chi connectivity index (χ2v) is 5.83. The highest BCUT2D eigenvalue weighted by atomic mass is 35.5. The van der Waals surface area contributed by atoms with Gasteiger partial charge >= 0.3 is 6.03 Å². The summed E-state index contributed by atoms with van der Waals surface area (Å²) < 4.78 is 5.06. The minimum absolute atomic E-state index is 0.325. The van der Waals surface area contributed by atoms with E-state index in [4.69, 9.17) is 16.3 Å². The van der Waals surface area contributed by atoms with Crippen LogP contribution in [0.2, 0.25) is 5.02 Å². The molecule has 0 aromatic heterocycles. The van der Waals surface area contributed by atoms with Gasteiger partial charge in [-0.25, -0.2) is 9.69 Å². The molecule has 2 aromatic carbocycles. The van der Waals surface area contributed by atoms with E-state index in [9.17, 15) is 14.4 Å². The van der Waals surface area contributed by atoms with Crippen molar-refractivity contribution in [3.05, 3.63) is 53.6 Å². The van der Waals surface area contributed by atoms with Crippen molar-refractivity contribution < 1.29 is 19.1 Å². The number of ether oxygens (including phenoxy) is 1. The number of benzene rings is 2. The van der Waals surface area contributed by atoms with E-state index in [0.717, 1.165) is 4.90 Å². The van der Waals surface area contributed by atoms with E-state index in [1.807, 2.05) is 0 Å². The van der Waals surface area contributed by atoms with Gasteiger partial charge in [0.15, 0.2) is 5.92 Å². The fourth-order valence-corrected chi connectivity index (χ4v) is 2.51. The van der Waals surface area contributed by atoms with Crippen LogP contribution in [-0.2, 0) is 9.59 Å². The van der Waals surface area contributed by atoms with Crippen molar-refractivity contribution >= 4 is 47.0 Å². The maximum Gasteiger partial charge on any atom is 0.335 e. The van der Waals surface area contributed by atoms with E-state index in [1.54, 1.807) is 48.5 Å². The number of methoxy groups -OCH3 is 1. The Morgan fingerprint density at radius 3 is 2.35 bits per heavy atom. The molecule has 1 heterocycles. The van der Waals surface area contributed by atoms with E-state index in [0.29, 0.717) is 22.1 Å². The maximum absolute atomic E-state index is 12.7. The first kappa shape index (κ1) is 17.6. The van der Waals surface area contributed by atoms with E-state index in [-0.39, 0.29) is 0 Å². The molecule has 1 atom stereocenters. The number of carbonyl (C=O) groups excluding carboxylic acids is 3. The molecule has 1 fully saturated rings. The number of nitrogens with one attached hydrogen (secondary N) is 1. The number of carbonyl (C=O) groups is 3. The number of amides is 4. The van der Waals surface area contributed by atoms with Gasteiger partial charge < -0.3 is 4.74 Å². The third kappa shape index (κ3) is 3.57. The third-order valence-corrected chi connectivity index (χ3v) is 3.98. The van der Waals surface area contributed by atoms with Crippen LogP contribution in [0.1, 0.15) is 0 Å². The van der Waals surface area contributed by atoms with Crippen LogP contribution < -0.4 is 15.0 Å². The lowest BCUT2D eigenvalue weighted by Crippen LogP contribution is -2.58. The van der Waals surface area contributed by atoms with E-state index >= 15 is 0 Å². The summed E-state index contributed by atoms with van der Waals surface area (Å²) in [6.45, 7) is 0. The zero-order chi connectivity index (χ0) is 18.7. The average molecular weight is 372 g/mol. The van der Waals surface area contributed by atoms with E-state index in [1.165, 1.54) is 13.3 Å². The molecule has 8 heteroatoms. The molecule has 0 aliphatic carbocycles. The quantitative estimate of drug-likeness (QED) is 0.661. The smallest absolute Gasteiger partial charge is 0.335 e. The number of anilines is 1. The fraction of sp³-hybridized carbons (Fsp3) is 0.111. The number of imide groups is 2. The van der Waals surface area contributed by atoms with Gasteiger partial charge in [-0.05, 0) is 48.5 Å². The Morgan fingerprint density at radius 1 is 1.08 bits per heavy atom. The van der Waals surface area contributed by atoms with Crippen LogP contribution in [0, 0.1) is 5.92 Å². The zero-order valence-electron chi connectivity index (χ0n) is 13.7. The topological polar surface area (TPSA) is 88.1 Å². The Morgan fingerprint density at radius 2 is 1.73 bits per heavy atom. The van der Waals surface area contributed by atoms with Crippen molar-refractivity contribution in [3.63, 3.8) is 0 Å². The molecule has 3 rings (SSSR count). The summed E-state index contributed by atoms with van der Waals surface area (Å²) in [7, 11) is 1.51. The van der Waals surface area contributed by atoms with Crippen LogP contribution in [0.3, 0.4) is 0 Å².